The average molecular weight is 284 g/mol. The summed E-state index contributed by atoms with van der Waals surface area (Å²) < 4.78 is 9.81. The van der Waals surface area contributed by atoms with Crippen LogP contribution in [0.25, 0.3) is 0 Å². The Hall–Kier alpha value is -1.88. The van der Waals surface area contributed by atoms with Gasteiger partial charge in [0.15, 0.2) is 0 Å². The van der Waals surface area contributed by atoms with E-state index < -0.39 is 11.8 Å². The lowest BCUT2D eigenvalue weighted by Gasteiger charge is -2.07. The van der Waals surface area contributed by atoms with Crippen molar-refractivity contribution in [2.75, 3.05) is 13.2 Å². The molecule has 0 spiro atoms. The van der Waals surface area contributed by atoms with Gasteiger partial charge in [0, 0.05) is 6.20 Å². The summed E-state index contributed by atoms with van der Waals surface area (Å²) in [6, 6.07) is 3.04. The van der Waals surface area contributed by atoms with Crippen LogP contribution in [0.4, 0.5) is 0 Å². The maximum atomic E-state index is 12.2. The Morgan fingerprint density at radius 1 is 1.37 bits per heavy atom. The molecule has 0 amide bonds. The Morgan fingerprint density at radius 2 is 2.11 bits per heavy atom. The van der Waals surface area contributed by atoms with Gasteiger partial charge in [-0.2, -0.15) is 0 Å². The van der Waals surface area contributed by atoms with E-state index in [0.29, 0.717) is 6.61 Å². The highest BCUT2D eigenvalue weighted by Crippen LogP contribution is 2.17. The Balaban J connectivity index is 3.08. The maximum Gasteiger partial charge on any atom is 0.345 e. The molecule has 0 bridgehead atoms. The van der Waals surface area contributed by atoms with Crippen molar-refractivity contribution in [3.8, 4) is 0 Å². The van der Waals surface area contributed by atoms with Gasteiger partial charge in [0.1, 0.15) is 17.0 Å². The summed E-state index contributed by atoms with van der Waals surface area (Å²) in [5.41, 5.74) is -0.0817. The first-order valence-electron chi connectivity index (χ1n) is 5.75. The van der Waals surface area contributed by atoms with Gasteiger partial charge in [0.05, 0.1) is 18.8 Å². The molecular formula is C13H14ClNO4. The van der Waals surface area contributed by atoms with Gasteiger partial charge in [-0.25, -0.2) is 9.78 Å². The fraction of sp³-hybridized carbons (Fsp3) is 0.308. The van der Waals surface area contributed by atoms with E-state index >= 15 is 0 Å². The third-order valence-electron chi connectivity index (χ3n) is 2.11. The molecular weight excluding hydrogens is 270 g/mol. The predicted molar refractivity (Wildman–Crippen MR) is 69.9 cm³/mol. The zero-order valence-corrected chi connectivity index (χ0v) is 11.4. The number of ketones is 1. The second kappa shape index (κ2) is 7.53. The van der Waals surface area contributed by atoms with Crippen molar-refractivity contribution >= 4 is 23.4 Å². The lowest BCUT2D eigenvalue weighted by molar-refractivity contribution is -0.138. The van der Waals surface area contributed by atoms with Crippen molar-refractivity contribution < 1.29 is 19.1 Å². The fourth-order valence-electron chi connectivity index (χ4n) is 1.27. The van der Waals surface area contributed by atoms with E-state index in [1.807, 2.05) is 0 Å². The number of esters is 1. The highest BCUT2D eigenvalue weighted by Gasteiger charge is 2.24. The lowest BCUT2D eigenvalue weighted by atomic mass is 10.1. The number of hydrogen-bond acceptors (Lipinski definition) is 5. The van der Waals surface area contributed by atoms with E-state index in [2.05, 4.69) is 4.98 Å². The number of hydrogen-bond donors (Lipinski definition) is 0. The van der Waals surface area contributed by atoms with Crippen molar-refractivity contribution in [1.82, 2.24) is 4.98 Å². The second-order valence-electron chi connectivity index (χ2n) is 3.38. The molecule has 5 nitrogen and oxygen atoms in total. The first-order chi connectivity index (χ1) is 9.11. The van der Waals surface area contributed by atoms with Crippen LogP contribution in [0.15, 0.2) is 30.2 Å². The number of rotatable bonds is 6. The van der Waals surface area contributed by atoms with Crippen LogP contribution in [0.3, 0.4) is 0 Å². The predicted octanol–water partition coefficient (Wildman–Crippen LogP) is 2.40. The van der Waals surface area contributed by atoms with E-state index in [4.69, 9.17) is 21.1 Å². The summed E-state index contributed by atoms with van der Waals surface area (Å²) in [7, 11) is 0. The van der Waals surface area contributed by atoms with Gasteiger partial charge in [0.2, 0.25) is 5.78 Å². The fourth-order valence-corrected chi connectivity index (χ4v) is 1.48. The van der Waals surface area contributed by atoms with Crippen LogP contribution in [0.1, 0.15) is 24.2 Å². The molecule has 6 heteroatoms. The Labute approximate surface area is 116 Å². The average Bonchev–Trinajstić information content (AvgIpc) is 2.39. The van der Waals surface area contributed by atoms with E-state index in [9.17, 15) is 9.59 Å². The van der Waals surface area contributed by atoms with E-state index in [0.717, 1.165) is 6.26 Å². The van der Waals surface area contributed by atoms with Crippen LogP contribution >= 0.6 is 11.6 Å². The lowest BCUT2D eigenvalue weighted by Crippen LogP contribution is -2.17. The Bertz CT molecular complexity index is 499. The van der Waals surface area contributed by atoms with Crippen molar-refractivity contribution in [3.63, 3.8) is 0 Å². The molecule has 102 valence electrons. The number of Topliss-reactive ketones (excluding diaryl/α,β-unsaturated/α-hetero) is 1. The number of carbonyl (C=O) groups is 2. The third kappa shape index (κ3) is 4.06. The van der Waals surface area contributed by atoms with E-state index in [1.165, 1.54) is 12.3 Å². The molecule has 0 atom stereocenters. The number of halogens is 1. The summed E-state index contributed by atoms with van der Waals surface area (Å²) in [5, 5.41) is 0.0270. The molecule has 19 heavy (non-hydrogen) atoms. The quantitative estimate of drug-likeness (QED) is 0.153. The summed E-state index contributed by atoms with van der Waals surface area (Å²) in [6.07, 6.45) is 2.54. The molecule has 1 aromatic heterocycles. The van der Waals surface area contributed by atoms with Crippen molar-refractivity contribution in [1.29, 1.82) is 0 Å². The molecule has 0 aliphatic carbocycles. The maximum absolute atomic E-state index is 12.2. The number of carbonyl (C=O) groups excluding carboxylic acids is 2. The number of pyridine rings is 1. The minimum atomic E-state index is -0.749. The van der Waals surface area contributed by atoms with Gasteiger partial charge in [-0.15, -0.1) is 0 Å². The minimum absolute atomic E-state index is 0.0270. The summed E-state index contributed by atoms with van der Waals surface area (Å²) in [4.78, 5) is 27.7. The summed E-state index contributed by atoms with van der Waals surface area (Å²) in [5.74, 6) is -1.33. The topological polar surface area (TPSA) is 65.5 Å². The zero-order chi connectivity index (χ0) is 14.3. The number of nitrogens with zero attached hydrogens (tertiary/aromatic N) is 1. The summed E-state index contributed by atoms with van der Waals surface area (Å²) >= 11 is 5.83. The first kappa shape index (κ1) is 15.2. The van der Waals surface area contributed by atoms with Crippen LogP contribution in [0, 0.1) is 0 Å². The van der Waals surface area contributed by atoms with Crippen LogP contribution < -0.4 is 0 Å². The molecule has 1 rings (SSSR count). The normalized spacial score (nSPS) is 11.0. The highest BCUT2D eigenvalue weighted by atomic mass is 35.5. The minimum Gasteiger partial charge on any atom is -0.500 e. The SMILES string of the molecule is CCO/C=C(/C(=O)OCC)C(=O)c1cccnc1Cl. The molecule has 0 fully saturated rings. The smallest absolute Gasteiger partial charge is 0.345 e. The molecule has 0 N–H and O–H groups in total. The van der Waals surface area contributed by atoms with Gasteiger partial charge in [-0.1, -0.05) is 11.6 Å². The molecule has 1 heterocycles. The van der Waals surface area contributed by atoms with Crippen molar-refractivity contribution in [2.24, 2.45) is 0 Å². The van der Waals surface area contributed by atoms with Crippen LogP contribution in [0.2, 0.25) is 5.15 Å². The van der Waals surface area contributed by atoms with Gasteiger partial charge in [-0.05, 0) is 26.0 Å². The molecule has 0 saturated carbocycles. The largest absolute Gasteiger partial charge is 0.500 e. The van der Waals surface area contributed by atoms with E-state index in [-0.39, 0.29) is 22.9 Å². The molecule has 1 aromatic rings. The monoisotopic (exact) mass is 283 g/mol. The molecule has 0 aliphatic heterocycles. The summed E-state index contributed by atoms with van der Waals surface area (Å²) in [6.45, 7) is 3.88. The van der Waals surface area contributed by atoms with Gasteiger partial charge in [0.25, 0.3) is 0 Å². The third-order valence-corrected chi connectivity index (χ3v) is 2.41. The standard InChI is InChI=1S/C13H14ClNO4/c1-3-18-8-10(13(17)19-4-2)11(16)9-6-5-7-15-12(9)14/h5-8H,3-4H2,1-2H3/b10-8+. The Kier molecular flexibility index (Phi) is 6.02. The molecule has 0 aliphatic rings. The number of aromatic nitrogens is 1. The molecule has 0 aromatic carbocycles. The second-order valence-corrected chi connectivity index (χ2v) is 3.74. The van der Waals surface area contributed by atoms with Crippen LogP contribution in [-0.2, 0) is 14.3 Å². The zero-order valence-electron chi connectivity index (χ0n) is 10.7. The Morgan fingerprint density at radius 3 is 2.68 bits per heavy atom. The molecule has 0 unspecified atom stereocenters. The van der Waals surface area contributed by atoms with Gasteiger partial charge < -0.3 is 9.47 Å². The van der Waals surface area contributed by atoms with E-state index in [1.54, 1.807) is 19.9 Å². The number of ether oxygens (including phenoxy) is 2. The van der Waals surface area contributed by atoms with Crippen LogP contribution in [-0.4, -0.2) is 30.0 Å². The van der Waals surface area contributed by atoms with Crippen LogP contribution in [0.5, 0.6) is 0 Å². The van der Waals surface area contributed by atoms with Gasteiger partial charge in [-0.3, -0.25) is 4.79 Å². The van der Waals surface area contributed by atoms with Crippen molar-refractivity contribution in [3.05, 3.63) is 40.9 Å². The highest BCUT2D eigenvalue weighted by molar-refractivity contribution is 6.35. The molecule has 0 saturated heterocycles. The van der Waals surface area contributed by atoms with Crippen molar-refractivity contribution in [2.45, 2.75) is 13.8 Å². The van der Waals surface area contributed by atoms with Gasteiger partial charge >= 0.3 is 5.97 Å². The first-order valence-corrected chi connectivity index (χ1v) is 6.13. The molecule has 0 radical (unpaired) electrons.